The van der Waals surface area contributed by atoms with Crippen molar-refractivity contribution >= 4 is 0 Å². The molecule has 2 rings (SSSR count). The van der Waals surface area contributed by atoms with Gasteiger partial charge in [0, 0.05) is 6.54 Å². The molecule has 0 fully saturated rings. The van der Waals surface area contributed by atoms with Gasteiger partial charge in [-0.05, 0) is 61.7 Å². The van der Waals surface area contributed by atoms with Crippen molar-refractivity contribution in [3.05, 3.63) is 54.1 Å². The Kier molecular flexibility index (Phi) is 5.82. The Balaban J connectivity index is 2.08. The summed E-state index contributed by atoms with van der Waals surface area (Å²) in [6, 6.07) is 17.0. The zero-order chi connectivity index (χ0) is 15.1. The first-order chi connectivity index (χ1) is 10.2. The summed E-state index contributed by atoms with van der Waals surface area (Å²) in [5.74, 6) is 0.925. The van der Waals surface area contributed by atoms with E-state index in [0.717, 1.165) is 25.3 Å². The number of nitrogens with one attached hydrogen (secondary N) is 1. The van der Waals surface area contributed by atoms with Crippen molar-refractivity contribution in [2.75, 3.05) is 6.54 Å². The van der Waals surface area contributed by atoms with Gasteiger partial charge in [-0.2, -0.15) is 0 Å². The van der Waals surface area contributed by atoms with E-state index in [0.29, 0.717) is 0 Å². The van der Waals surface area contributed by atoms with E-state index in [9.17, 15) is 0 Å². The highest BCUT2D eigenvalue weighted by Crippen LogP contribution is 2.23. The van der Waals surface area contributed by atoms with Crippen molar-refractivity contribution in [2.45, 2.75) is 39.8 Å². The van der Waals surface area contributed by atoms with Crippen LogP contribution in [0.15, 0.2) is 48.5 Å². The predicted molar refractivity (Wildman–Crippen MR) is 89.6 cm³/mol. The van der Waals surface area contributed by atoms with E-state index >= 15 is 0 Å². The van der Waals surface area contributed by atoms with Crippen molar-refractivity contribution in [1.29, 1.82) is 0 Å². The summed E-state index contributed by atoms with van der Waals surface area (Å²) in [6.07, 6.45) is 1.38. The molecule has 21 heavy (non-hydrogen) atoms. The summed E-state index contributed by atoms with van der Waals surface area (Å²) >= 11 is 0. The molecule has 0 aliphatic carbocycles. The standard InChI is InChI=1S/C19H25NO/c1-4-12-20-14-16-6-5-7-18(13-16)17-8-10-19(11-9-17)21-15(2)3/h5-11,13,15,20H,4,12,14H2,1-3H3. The molecule has 2 heteroatoms. The van der Waals surface area contributed by atoms with Gasteiger partial charge >= 0.3 is 0 Å². The van der Waals surface area contributed by atoms with Crippen LogP contribution in [0.4, 0.5) is 0 Å². The number of hydrogen-bond donors (Lipinski definition) is 1. The van der Waals surface area contributed by atoms with Gasteiger partial charge in [-0.1, -0.05) is 37.3 Å². The van der Waals surface area contributed by atoms with Gasteiger partial charge in [0.15, 0.2) is 0 Å². The fraction of sp³-hybridized carbons (Fsp3) is 0.368. The van der Waals surface area contributed by atoms with Crippen molar-refractivity contribution < 1.29 is 4.74 Å². The third-order valence-corrected chi connectivity index (χ3v) is 3.24. The van der Waals surface area contributed by atoms with Gasteiger partial charge in [0.2, 0.25) is 0 Å². The highest BCUT2D eigenvalue weighted by Gasteiger charge is 2.01. The molecule has 0 aromatic heterocycles. The maximum absolute atomic E-state index is 5.68. The predicted octanol–water partition coefficient (Wildman–Crippen LogP) is 4.64. The zero-order valence-corrected chi connectivity index (χ0v) is 13.2. The Morgan fingerprint density at radius 2 is 1.76 bits per heavy atom. The molecular weight excluding hydrogens is 258 g/mol. The fourth-order valence-electron chi connectivity index (χ4n) is 2.27. The number of hydrogen-bond acceptors (Lipinski definition) is 2. The Morgan fingerprint density at radius 1 is 1.00 bits per heavy atom. The minimum Gasteiger partial charge on any atom is -0.491 e. The van der Waals surface area contributed by atoms with Gasteiger partial charge in [0.05, 0.1) is 6.10 Å². The molecular formula is C19H25NO. The lowest BCUT2D eigenvalue weighted by Gasteiger charge is -2.11. The highest BCUT2D eigenvalue weighted by molar-refractivity contribution is 5.64. The lowest BCUT2D eigenvalue weighted by molar-refractivity contribution is 0.242. The lowest BCUT2D eigenvalue weighted by Crippen LogP contribution is -2.13. The molecule has 0 heterocycles. The second-order valence-electron chi connectivity index (χ2n) is 5.57. The van der Waals surface area contributed by atoms with Crippen LogP contribution in [-0.2, 0) is 6.54 Å². The summed E-state index contributed by atoms with van der Waals surface area (Å²) in [5, 5.41) is 3.44. The average molecular weight is 283 g/mol. The molecule has 0 atom stereocenters. The molecule has 2 aromatic rings. The molecule has 0 radical (unpaired) electrons. The van der Waals surface area contributed by atoms with E-state index in [-0.39, 0.29) is 6.10 Å². The maximum Gasteiger partial charge on any atom is 0.119 e. The minimum atomic E-state index is 0.212. The fourth-order valence-corrected chi connectivity index (χ4v) is 2.27. The van der Waals surface area contributed by atoms with Gasteiger partial charge in [0.25, 0.3) is 0 Å². The van der Waals surface area contributed by atoms with E-state index in [2.05, 4.69) is 48.6 Å². The average Bonchev–Trinajstić information content (AvgIpc) is 2.48. The van der Waals surface area contributed by atoms with Crippen molar-refractivity contribution in [3.63, 3.8) is 0 Å². The zero-order valence-electron chi connectivity index (χ0n) is 13.2. The SMILES string of the molecule is CCCNCc1cccc(-c2ccc(OC(C)C)cc2)c1. The summed E-state index contributed by atoms with van der Waals surface area (Å²) in [5.41, 5.74) is 3.80. The molecule has 2 nitrogen and oxygen atoms in total. The normalized spacial score (nSPS) is 10.9. The van der Waals surface area contributed by atoms with Crippen LogP contribution >= 0.6 is 0 Å². The molecule has 2 aromatic carbocycles. The van der Waals surface area contributed by atoms with Crippen molar-refractivity contribution in [3.8, 4) is 16.9 Å². The largest absolute Gasteiger partial charge is 0.491 e. The Bertz CT molecular complexity index is 546. The third kappa shape index (κ3) is 4.91. The topological polar surface area (TPSA) is 21.3 Å². The Labute approximate surface area is 128 Å². The first-order valence-corrected chi connectivity index (χ1v) is 7.76. The number of rotatable bonds is 7. The molecule has 0 bridgehead atoms. The summed E-state index contributed by atoms with van der Waals surface area (Å²) < 4.78 is 5.68. The van der Waals surface area contributed by atoms with Crippen LogP contribution in [0.5, 0.6) is 5.75 Å². The quantitative estimate of drug-likeness (QED) is 0.747. The smallest absolute Gasteiger partial charge is 0.119 e. The summed E-state index contributed by atoms with van der Waals surface area (Å²) in [6.45, 7) is 8.26. The molecule has 0 saturated carbocycles. The van der Waals surface area contributed by atoms with Gasteiger partial charge in [-0.3, -0.25) is 0 Å². The van der Waals surface area contributed by atoms with Crippen LogP contribution < -0.4 is 10.1 Å². The van der Waals surface area contributed by atoms with E-state index in [1.54, 1.807) is 0 Å². The van der Waals surface area contributed by atoms with E-state index < -0.39 is 0 Å². The molecule has 112 valence electrons. The second kappa shape index (κ2) is 7.84. The number of ether oxygens (including phenoxy) is 1. The van der Waals surface area contributed by atoms with Gasteiger partial charge in [0.1, 0.15) is 5.75 Å². The van der Waals surface area contributed by atoms with Crippen LogP contribution in [-0.4, -0.2) is 12.6 Å². The molecule has 0 aliphatic heterocycles. The molecule has 1 N–H and O–H groups in total. The Hall–Kier alpha value is -1.80. The molecule has 0 aliphatic rings. The van der Waals surface area contributed by atoms with Crippen molar-refractivity contribution in [1.82, 2.24) is 5.32 Å². The maximum atomic E-state index is 5.68. The van der Waals surface area contributed by atoms with E-state index in [1.807, 2.05) is 26.0 Å². The van der Waals surface area contributed by atoms with Crippen LogP contribution in [0.2, 0.25) is 0 Å². The summed E-state index contributed by atoms with van der Waals surface area (Å²) in [4.78, 5) is 0. The van der Waals surface area contributed by atoms with Gasteiger partial charge < -0.3 is 10.1 Å². The summed E-state index contributed by atoms with van der Waals surface area (Å²) in [7, 11) is 0. The molecule has 0 amide bonds. The van der Waals surface area contributed by atoms with Crippen LogP contribution in [0.1, 0.15) is 32.8 Å². The first-order valence-electron chi connectivity index (χ1n) is 7.76. The van der Waals surface area contributed by atoms with Crippen LogP contribution in [0.3, 0.4) is 0 Å². The van der Waals surface area contributed by atoms with Crippen LogP contribution in [0, 0.1) is 0 Å². The third-order valence-electron chi connectivity index (χ3n) is 3.24. The number of benzene rings is 2. The van der Waals surface area contributed by atoms with E-state index in [1.165, 1.54) is 16.7 Å². The van der Waals surface area contributed by atoms with Gasteiger partial charge in [-0.15, -0.1) is 0 Å². The van der Waals surface area contributed by atoms with Crippen molar-refractivity contribution in [2.24, 2.45) is 0 Å². The van der Waals surface area contributed by atoms with E-state index in [4.69, 9.17) is 4.74 Å². The monoisotopic (exact) mass is 283 g/mol. The van der Waals surface area contributed by atoms with Crippen LogP contribution in [0.25, 0.3) is 11.1 Å². The molecule has 0 saturated heterocycles. The lowest BCUT2D eigenvalue weighted by atomic mass is 10.0. The highest BCUT2D eigenvalue weighted by atomic mass is 16.5. The minimum absolute atomic E-state index is 0.212. The first kappa shape index (κ1) is 15.6. The molecule has 0 spiro atoms. The molecule has 0 unspecified atom stereocenters. The second-order valence-corrected chi connectivity index (χ2v) is 5.57. The van der Waals surface area contributed by atoms with Gasteiger partial charge in [-0.25, -0.2) is 0 Å². The Morgan fingerprint density at radius 3 is 2.43 bits per heavy atom.